The van der Waals surface area contributed by atoms with E-state index in [1.807, 2.05) is 78.9 Å². The van der Waals surface area contributed by atoms with Gasteiger partial charge in [0.15, 0.2) is 0 Å². The summed E-state index contributed by atoms with van der Waals surface area (Å²) in [7, 11) is 0. The standard InChI is InChI=1S/C38H47N5O5/c1-4-25-47-30-20-18-29(19-21-30)35-26-32(31-15-10-11-16-33(31)41-35)36(44)42-34(37(45)39-23-24-43(5-2)6-3)17-12-22-40-38(46)48-27-28-13-8-7-9-14-28/h7-11,13-16,18-21,26,34H,4-6,12,17,22-25,27H2,1-3H3,(H,39,45)(H,40,46)(H,42,44). The van der Waals surface area contributed by atoms with E-state index in [1.165, 1.54) is 0 Å². The first kappa shape index (κ1) is 35.9. The summed E-state index contributed by atoms with van der Waals surface area (Å²) in [5.74, 6) is 0.119. The number of pyridine rings is 1. The summed E-state index contributed by atoms with van der Waals surface area (Å²) in [5, 5.41) is 9.40. The number of para-hydroxylation sites is 1. The molecule has 0 saturated heterocycles. The number of aromatic nitrogens is 1. The Hall–Kier alpha value is -4.96. The molecule has 0 aliphatic heterocycles. The summed E-state index contributed by atoms with van der Waals surface area (Å²) < 4.78 is 11.0. The van der Waals surface area contributed by atoms with Gasteiger partial charge in [0.05, 0.1) is 23.4 Å². The van der Waals surface area contributed by atoms with Gasteiger partial charge in [0, 0.05) is 30.6 Å². The van der Waals surface area contributed by atoms with Gasteiger partial charge in [-0.3, -0.25) is 9.59 Å². The van der Waals surface area contributed by atoms with E-state index in [2.05, 4.69) is 41.6 Å². The van der Waals surface area contributed by atoms with Gasteiger partial charge in [-0.15, -0.1) is 0 Å². The molecule has 1 aromatic heterocycles. The molecule has 4 rings (SSSR count). The molecule has 0 aliphatic carbocycles. The first-order chi connectivity index (χ1) is 23.4. The third-order valence-corrected chi connectivity index (χ3v) is 7.98. The molecule has 0 radical (unpaired) electrons. The van der Waals surface area contributed by atoms with Crippen LogP contribution >= 0.6 is 0 Å². The topological polar surface area (TPSA) is 122 Å². The van der Waals surface area contributed by atoms with Crippen LogP contribution in [0.5, 0.6) is 5.75 Å². The smallest absolute Gasteiger partial charge is 0.407 e. The highest BCUT2D eigenvalue weighted by molar-refractivity contribution is 6.08. The molecule has 1 heterocycles. The first-order valence-electron chi connectivity index (χ1n) is 16.8. The number of rotatable bonds is 18. The number of hydrogen-bond donors (Lipinski definition) is 3. The molecule has 0 fully saturated rings. The maximum absolute atomic E-state index is 13.9. The predicted octanol–water partition coefficient (Wildman–Crippen LogP) is 5.95. The largest absolute Gasteiger partial charge is 0.494 e. The number of ether oxygens (including phenoxy) is 2. The summed E-state index contributed by atoms with van der Waals surface area (Å²) in [5.41, 5.74) is 3.46. The fourth-order valence-electron chi connectivity index (χ4n) is 5.23. The normalized spacial score (nSPS) is 11.6. The van der Waals surface area contributed by atoms with Gasteiger partial charge in [0.1, 0.15) is 18.4 Å². The van der Waals surface area contributed by atoms with Crippen molar-refractivity contribution < 1.29 is 23.9 Å². The lowest BCUT2D eigenvalue weighted by Gasteiger charge is -2.22. The molecular weight excluding hydrogens is 606 g/mol. The second-order valence-electron chi connectivity index (χ2n) is 11.4. The zero-order valence-electron chi connectivity index (χ0n) is 28.2. The van der Waals surface area contributed by atoms with E-state index in [9.17, 15) is 14.4 Å². The molecule has 10 nitrogen and oxygen atoms in total. The third-order valence-electron chi connectivity index (χ3n) is 7.98. The van der Waals surface area contributed by atoms with Gasteiger partial charge in [0.2, 0.25) is 5.91 Å². The molecule has 10 heteroatoms. The van der Waals surface area contributed by atoms with Gasteiger partial charge in [0.25, 0.3) is 5.91 Å². The van der Waals surface area contributed by atoms with E-state index in [4.69, 9.17) is 14.5 Å². The van der Waals surface area contributed by atoms with Crippen LogP contribution in [0.4, 0.5) is 4.79 Å². The molecule has 3 N–H and O–H groups in total. The number of hydrogen-bond acceptors (Lipinski definition) is 7. The minimum Gasteiger partial charge on any atom is -0.494 e. The molecule has 48 heavy (non-hydrogen) atoms. The molecule has 1 unspecified atom stereocenters. The van der Waals surface area contributed by atoms with Gasteiger partial charge in [-0.05, 0) is 74.3 Å². The van der Waals surface area contributed by atoms with Crippen LogP contribution in [0.2, 0.25) is 0 Å². The third kappa shape index (κ3) is 10.8. The number of likely N-dealkylation sites (N-methyl/N-ethyl adjacent to an activating group) is 1. The molecular formula is C38H47N5O5. The number of benzene rings is 3. The Morgan fingerprint density at radius 2 is 1.58 bits per heavy atom. The second-order valence-corrected chi connectivity index (χ2v) is 11.4. The van der Waals surface area contributed by atoms with E-state index in [-0.39, 0.29) is 25.0 Å². The van der Waals surface area contributed by atoms with Crippen LogP contribution in [-0.4, -0.2) is 73.2 Å². The minimum atomic E-state index is -0.818. The van der Waals surface area contributed by atoms with E-state index < -0.39 is 12.1 Å². The Morgan fingerprint density at radius 3 is 2.31 bits per heavy atom. The molecule has 0 saturated carbocycles. The lowest BCUT2D eigenvalue weighted by molar-refractivity contribution is -0.123. The van der Waals surface area contributed by atoms with Crippen LogP contribution < -0.4 is 20.7 Å². The average molecular weight is 654 g/mol. The Labute approximate surface area is 283 Å². The van der Waals surface area contributed by atoms with Crippen molar-refractivity contribution in [3.8, 4) is 17.0 Å². The van der Waals surface area contributed by atoms with Gasteiger partial charge >= 0.3 is 6.09 Å². The van der Waals surface area contributed by atoms with E-state index >= 15 is 0 Å². The van der Waals surface area contributed by atoms with Crippen LogP contribution in [0.15, 0.2) is 84.9 Å². The van der Waals surface area contributed by atoms with Crippen LogP contribution in [-0.2, 0) is 16.1 Å². The maximum Gasteiger partial charge on any atom is 0.407 e. The number of carbonyl (C=O) groups is 3. The summed E-state index contributed by atoms with van der Waals surface area (Å²) in [6, 6.07) is 25.5. The monoisotopic (exact) mass is 653 g/mol. The Kier molecular flexibility index (Phi) is 14.2. The van der Waals surface area contributed by atoms with Crippen LogP contribution in [0, 0.1) is 0 Å². The Morgan fingerprint density at radius 1 is 0.854 bits per heavy atom. The molecule has 0 aliphatic rings. The summed E-state index contributed by atoms with van der Waals surface area (Å²) in [4.78, 5) is 46.7. The fraction of sp³-hybridized carbons (Fsp3) is 0.368. The number of fused-ring (bicyclic) bond motifs is 1. The van der Waals surface area contributed by atoms with Crippen LogP contribution in [0.1, 0.15) is 56.0 Å². The van der Waals surface area contributed by atoms with Crippen molar-refractivity contribution in [1.29, 1.82) is 0 Å². The molecule has 0 spiro atoms. The molecule has 254 valence electrons. The predicted molar refractivity (Wildman–Crippen MR) is 189 cm³/mol. The fourth-order valence-corrected chi connectivity index (χ4v) is 5.23. The second kappa shape index (κ2) is 19.0. The lowest BCUT2D eigenvalue weighted by atomic mass is 10.0. The molecule has 3 aromatic carbocycles. The minimum absolute atomic E-state index is 0.166. The quantitative estimate of drug-likeness (QED) is 0.113. The van der Waals surface area contributed by atoms with Gasteiger partial charge in [-0.2, -0.15) is 0 Å². The van der Waals surface area contributed by atoms with Gasteiger partial charge in [-0.1, -0.05) is 69.3 Å². The number of nitrogens with zero attached hydrogens (tertiary/aromatic N) is 2. The van der Waals surface area contributed by atoms with Crippen molar-refractivity contribution in [2.45, 2.75) is 52.7 Å². The lowest BCUT2D eigenvalue weighted by Crippen LogP contribution is -2.48. The maximum atomic E-state index is 13.9. The van der Waals surface area contributed by atoms with Crippen molar-refractivity contribution in [1.82, 2.24) is 25.8 Å². The van der Waals surface area contributed by atoms with Crippen LogP contribution in [0.3, 0.4) is 0 Å². The van der Waals surface area contributed by atoms with Crippen molar-refractivity contribution in [3.05, 3.63) is 96.1 Å². The van der Waals surface area contributed by atoms with E-state index in [0.29, 0.717) is 54.7 Å². The summed E-state index contributed by atoms with van der Waals surface area (Å²) in [6.07, 6.45) is 1.14. The molecule has 3 amide bonds. The molecule has 4 aromatic rings. The van der Waals surface area contributed by atoms with Crippen molar-refractivity contribution in [3.63, 3.8) is 0 Å². The van der Waals surface area contributed by atoms with Crippen LogP contribution in [0.25, 0.3) is 22.2 Å². The molecule has 0 bridgehead atoms. The van der Waals surface area contributed by atoms with Crippen molar-refractivity contribution in [2.75, 3.05) is 39.3 Å². The zero-order chi connectivity index (χ0) is 34.1. The molecule has 1 atom stereocenters. The summed E-state index contributed by atoms with van der Waals surface area (Å²) in [6.45, 7) is 10.2. The number of nitrogens with one attached hydrogen (secondary N) is 3. The Balaban J connectivity index is 1.46. The summed E-state index contributed by atoms with van der Waals surface area (Å²) >= 11 is 0. The Bertz CT molecular complexity index is 1610. The number of carbonyl (C=O) groups excluding carboxylic acids is 3. The zero-order valence-corrected chi connectivity index (χ0v) is 28.2. The van der Waals surface area contributed by atoms with Gasteiger partial charge in [-0.25, -0.2) is 9.78 Å². The highest BCUT2D eigenvalue weighted by Gasteiger charge is 2.23. The van der Waals surface area contributed by atoms with Crippen molar-refractivity contribution >= 4 is 28.8 Å². The SMILES string of the molecule is CCCOc1ccc(-c2cc(C(=O)NC(CCCNC(=O)OCc3ccccc3)C(=O)NCCN(CC)CC)c3ccccc3n2)cc1. The van der Waals surface area contributed by atoms with E-state index in [0.717, 1.165) is 36.4 Å². The number of amides is 3. The van der Waals surface area contributed by atoms with E-state index in [1.54, 1.807) is 6.07 Å². The van der Waals surface area contributed by atoms with Crippen molar-refractivity contribution in [2.24, 2.45) is 0 Å². The average Bonchev–Trinajstić information content (AvgIpc) is 3.12. The van der Waals surface area contributed by atoms with Gasteiger partial charge < -0.3 is 30.3 Å². The highest BCUT2D eigenvalue weighted by Crippen LogP contribution is 2.26. The first-order valence-corrected chi connectivity index (χ1v) is 16.8. The number of alkyl carbamates (subject to hydrolysis) is 1. The highest BCUT2D eigenvalue weighted by atomic mass is 16.5.